The molecule has 1 N–H and O–H groups in total. The second-order valence-electron chi connectivity index (χ2n) is 5.52. The SMILES string of the molecule is COCCn1ncc(Cl)c1C(O)C1C(C)OC(C)C1C. The van der Waals surface area contributed by atoms with Crippen LogP contribution in [0.3, 0.4) is 0 Å². The summed E-state index contributed by atoms with van der Waals surface area (Å²) in [4.78, 5) is 0. The first kappa shape index (κ1) is 15.8. The van der Waals surface area contributed by atoms with Gasteiger partial charge in [-0.2, -0.15) is 5.10 Å². The van der Waals surface area contributed by atoms with Gasteiger partial charge in [-0.25, -0.2) is 0 Å². The van der Waals surface area contributed by atoms with Gasteiger partial charge in [0.2, 0.25) is 0 Å². The lowest BCUT2D eigenvalue weighted by atomic mass is 9.83. The van der Waals surface area contributed by atoms with Gasteiger partial charge >= 0.3 is 0 Å². The van der Waals surface area contributed by atoms with Crippen molar-refractivity contribution in [3.8, 4) is 0 Å². The number of ether oxygens (including phenoxy) is 2. The number of hydrogen-bond donors (Lipinski definition) is 1. The summed E-state index contributed by atoms with van der Waals surface area (Å²) < 4.78 is 12.6. The average Bonchev–Trinajstić information content (AvgIpc) is 2.88. The second kappa shape index (κ2) is 6.43. The van der Waals surface area contributed by atoms with Crippen LogP contribution in [-0.4, -0.2) is 40.8 Å². The van der Waals surface area contributed by atoms with Crippen molar-refractivity contribution >= 4 is 11.6 Å². The molecule has 0 radical (unpaired) electrons. The highest BCUT2D eigenvalue weighted by atomic mass is 35.5. The van der Waals surface area contributed by atoms with Gasteiger partial charge in [0.25, 0.3) is 0 Å². The van der Waals surface area contributed by atoms with Crippen molar-refractivity contribution in [1.82, 2.24) is 9.78 Å². The molecule has 2 heterocycles. The van der Waals surface area contributed by atoms with E-state index in [1.54, 1.807) is 18.0 Å². The zero-order valence-corrected chi connectivity index (χ0v) is 13.2. The number of halogens is 1. The lowest BCUT2D eigenvalue weighted by Gasteiger charge is -2.25. The Morgan fingerprint density at radius 3 is 2.70 bits per heavy atom. The fourth-order valence-corrected chi connectivity index (χ4v) is 3.30. The van der Waals surface area contributed by atoms with E-state index in [2.05, 4.69) is 12.0 Å². The Balaban J connectivity index is 2.24. The van der Waals surface area contributed by atoms with Crippen molar-refractivity contribution in [2.75, 3.05) is 13.7 Å². The first-order valence-corrected chi connectivity index (χ1v) is 7.38. The molecule has 5 nitrogen and oxygen atoms in total. The predicted octanol–water partition coefficient (Wildman–Crippen LogP) is 2.28. The number of aliphatic hydroxyl groups excluding tert-OH is 1. The molecule has 0 bridgehead atoms. The van der Waals surface area contributed by atoms with Crippen LogP contribution in [0.2, 0.25) is 5.02 Å². The highest BCUT2D eigenvalue weighted by Gasteiger charge is 2.43. The number of nitrogens with zero attached hydrogens (tertiary/aromatic N) is 2. The Bertz CT molecular complexity index is 452. The Labute approximate surface area is 124 Å². The zero-order chi connectivity index (χ0) is 14.9. The van der Waals surface area contributed by atoms with E-state index in [0.29, 0.717) is 23.9 Å². The normalized spacial score (nSPS) is 31.7. The van der Waals surface area contributed by atoms with E-state index >= 15 is 0 Å². The Morgan fingerprint density at radius 2 is 2.15 bits per heavy atom. The Hall–Kier alpha value is -0.620. The standard InChI is InChI=1S/C14H23ClN2O3/c1-8-9(2)20-10(3)12(8)14(18)13-11(15)7-16-17(13)5-6-19-4/h7-10,12,14,18H,5-6H2,1-4H3. The summed E-state index contributed by atoms with van der Waals surface area (Å²) in [7, 11) is 1.64. The summed E-state index contributed by atoms with van der Waals surface area (Å²) >= 11 is 6.20. The molecule has 20 heavy (non-hydrogen) atoms. The van der Waals surface area contributed by atoms with Crippen molar-refractivity contribution in [2.24, 2.45) is 11.8 Å². The summed E-state index contributed by atoms with van der Waals surface area (Å²) in [5, 5.41) is 15.5. The van der Waals surface area contributed by atoms with Crippen LogP contribution in [0.5, 0.6) is 0 Å². The largest absolute Gasteiger partial charge is 0.386 e. The predicted molar refractivity (Wildman–Crippen MR) is 76.7 cm³/mol. The van der Waals surface area contributed by atoms with Crippen LogP contribution >= 0.6 is 11.6 Å². The molecular weight excluding hydrogens is 280 g/mol. The van der Waals surface area contributed by atoms with E-state index in [9.17, 15) is 5.11 Å². The van der Waals surface area contributed by atoms with Crippen molar-refractivity contribution in [1.29, 1.82) is 0 Å². The molecule has 1 fully saturated rings. The van der Waals surface area contributed by atoms with E-state index in [4.69, 9.17) is 21.1 Å². The number of rotatable bonds is 5. The molecule has 1 aromatic heterocycles. The quantitative estimate of drug-likeness (QED) is 0.906. The molecule has 1 saturated heterocycles. The van der Waals surface area contributed by atoms with Crippen LogP contribution in [0.25, 0.3) is 0 Å². The van der Waals surface area contributed by atoms with Gasteiger partial charge in [-0.1, -0.05) is 18.5 Å². The van der Waals surface area contributed by atoms with Gasteiger partial charge in [0.15, 0.2) is 0 Å². The minimum absolute atomic E-state index is 0.00292. The average molecular weight is 303 g/mol. The highest BCUT2D eigenvalue weighted by molar-refractivity contribution is 6.31. The minimum atomic E-state index is -0.684. The maximum Gasteiger partial charge on any atom is 0.103 e. The van der Waals surface area contributed by atoms with Gasteiger partial charge in [0.1, 0.15) is 6.10 Å². The van der Waals surface area contributed by atoms with E-state index in [0.717, 1.165) is 0 Å². The lowest BCUT2D eigenvalue weighted by molar-refractivity contribution is 0.0198. The first-order valence-electron chi connectivity index (χ1n) is 7.01. The van der Waals surface area contributed by atoms with Crippen LogP contribution in [-0.2, 0) is 16.0 Å². The van der Waals surface area contributed by atoms with E-state index in [1.165, 1.54) is 0 Å². The molecule has 1 aliphatic heterocycles. The van der Waals surface area contributed by atoms with Crippen molar-refractivity contribution in [2.45, 2.75) is 45.6 Å². The fourth-order valence-electron chi connectivity index (χ4n) is 3.04. The summed E-state index contributed by atoms with van der Waals surface area (Å²) in [6.07, 6.45) is 1.03. The van der Waals surface area contributed by atoms with Crippen molar-refractivity contribution < 1.29 is 14.6 Å². The van der Waals surface area contributed by atoms with Crippen LogP contribution in [0, 0.1) is 11.8 Å². The highest BCUT2D eigenvalue weighted by Crippen LogP contribution is 2.42. The van der Waals surface area contributed by atoms with Crippen LogP contribution < -0.4 is 0 Å². The molecule has 2 rings (SSSR count). The Kier molecular flexibility index (Phi) is 5.07. The Morgan fingerprint density at radius 1 is 1.45 bits per heavy atom. The minimum Gasteiger partial charge on any atom is -0.386 e. The van der Waals surface area contributed by atoms with Crippen molar-refractivity contribution in [3.63, 3.8) is 0 Å². The summed E-state index contributed by atoms with van der Waals surface area (Å²) in [5.41, 5.74) is 0.658. The second-order valence-corrected chi connectivity index (χ2v) is 5.93. The smallest absolute Gasteiger partial charge is 0.103 e. The van der Waals surface area contributed by atoms with E-state index in [1.807, 2.05) is 13.8 Å². The van der Waals surface area contributed by atoms with Crippen molar-refractivity contribution in [3.05, 3.63) is 16.9 Å². The molecule has 1 aromatic rings. The number of hydrogen-bond acceptors (Lipinski definition) is 4. The molecule has 0 amide bonds. The third-order valence-electron chi connectivity index (χ3n) is 4.30. The van der Waals surface area contributed by atoms with Gasteiger partial charge in [-0.3, -0.25) is 4.68 Å². The third kappa shape index (κ3) is 2.86. The molecule has 0 spiro atoms. The van der Waals surface area contributed by atoms with Gasteiger partial charge in [-0.05, 0) is 19.8 Å². The molecule has 0 aliphatic carbocycles. The summed E-state index contributed by atoms with van der Waals surface area (Å²) in [5.74, 6) is 0.280. The van der Waals surface area contributed by atoms with Gasteiger partial charge in [0.05, 0.1) is 42.3 Å². The van der Waals surface area contributed by atoms with E-state index < -0.39 is 6.10 Å². The maximum atomic E-state index is 10.8. The zero-order valence-electron chi connectivity index (χ0n) is 12.4. The monoisotopic (exact) mass is 302 g/mol. The molecule has 114 valence electrons. The fraction of sp³-hybridized carbons (Fsp3) is 0.786. The molecule has 6 heteroatoms. The van der Waals surface area contributed by atoms with Gasteiger partial charge < -0.3 is 14.6 Å². The molecule has 5 unspecified atom stereocenters. The molecule has 5 atom stereocenters. The topological polar surface area (TPSA) is 56.5 Å². The van der Waals surface area contributed by atoms with Crippen LogP contribution in [0.15, 0.2) is 6.20 Å². The molecule has 0 saturated carbocycles. The van der Waals surface area contributed by atoms with Gasteiger partial charge in [0, 0.05) is 13.0 Å². The number of aliphatic hydroxyl groups is 1. The summed E-state index contributed by atoms with van der Waals surface area (Å²) in [6.45, 7) is 7.24. The first-order chi connectivity index (χ1) is 9.47. The molecular formula is C14H23ClN2O3. The number of methoxy groups -OCH3 is 1. The molecule has 1 aliphatic rings. The maximum absolute atomic E-state index is 10.8. The molecule has 0 aromatic carbocycles. The lowest BCUT2D eigenvalue weighted by Crippen LogP contribution is -2.27. The van der Waals surface area contributed by atoms with E-state index in [-0.39, 0.29) is 24.0 Å². The van der Waals surface area contributed by atoms with Crippen LogP contribution in [0.1, 0.15) is 32.6 Å². The third-order valence-corrected chi connectivity index (χ3v) is 4.60. The number of aromatic nitrogens is 2. The van der Waals surface area contributed by atoms with Gasteiger partial charge in [-0.15, -0.1) is 0 Å². The van der Waals surface area contributed by atoms with Crippen LogP contribution in [0.4, 0.5) is 0 Å². The summed E-state index contributed by atoms with van der Waals surface area (Å²) in [6, 6.07) is 0.